The van der Waals surface area contributed by atoms with Crippen LogP contribution in [0.15, 0.2) is 42.9 Å². The van der Waals surface area contributed by atoms with E-state index in [4.69, 9.17) is 0 Å². The molecular weight excluding hydrogens is 302 g/mol. The number of aromatic nitrogens is 2. The number of carbonyl (C=O) groups excluding carboxylic acids is 2. The Balaban J connectivity index is 2.08. The zero-order valence-electron chi connectivity index (χ0n) is 13.9. The number of rotatable bonds is 2. The van der Waals surface area contributed by atoms with Crippen molar-refractivity contribution in [2.24, 2.45) is 7.05 Å². The number of pyridine rings is 2. The number of amides is 1. The molecule has 0 bridgehead atoms. The van der Waals surface area contributed by atoms with E-state index >= 15 is 0 Å². The lowest BCUT2D eigenvalue weighted by Crippen LogP contribution is -2.25. The Hall–Kier alpha value is -2.95. The highest BCUT2D eigenvalue weighted by molar-refractivity contribution is 6.05. The molecule has 0 fully saturated rings. The molecular formula is C19H18N3O2+. The van der Waals surface area contributed by atoms with Crippen molar-refractivity contribution >= 4 is 17.2 Å². The molecule has 24 heavy (non-hydrogen) atoms. The summed E-state index contributed by atoms with van der Waals surface area (Å²) >= 11 is 0. The number of nitrogens with zero attached hydrogens (tertiary/aromatic N) is 3. The van der Waals surface area contributed by atoms with Crippen molar-refractivity contribution in [2.75, 3.05) is 7.05 Å². The zero-order chi connectivity index (χ0) is 17.0. The lowest BCUT2D eigenvalue weighted by atomic mass is 10.0. The number of hydrogen-bond donors (Lipinski definition) is 0. The number of ketones is 1. The fourth-order valence-electron chi connectivity index (χ4n) is 3.39. The van der Waals surface area contributed by atoms with E-state index in [1.54, 1.807) is 17.9 Å². The number of carbonyl (C=O) groups is 2. The van der Waals surface area contributed by atoms with Crippen molar-refractivity contribution < 1.29 is 14.2 Å². The van der Waals surface area contributed by atoms with Gasteiger partial charge in [0, 0.05) is 48.6 Å². The highest BCUT2D eigenvalue weighted by Gasteiger charge is 2.33. The fraction of sp³-hybridized carbons (Fsp3) is 0.211. The van der Waals surface area contributed by atoms with Crippen molar-refractivity contribution in [3.8, 4) is 11.1 Å². The minimum Gasteiger partial charge on any atom is -0.336 e. The summed E-state index contributed by atoms with van der Waals surface area (Å²) in [6.45, 7) is 2.14. The van der Waals surface area contributed by atoms with E-state index in [1.807, 2.05) is 59.9 Å². The van der Waals surface area contributed by atoms with Crippen molar-refractivity contribution in [1.82, 2.24) is 9.30 Å². The van der Waals surface area contributed by atoms with E-state index in [0.29, 0.717) is 17.8 Å². The molecule has 0 N–H and O–H groups in total. The second kappa shape index (κ2) is 5.03. The average molecular weight is 320 g/mol. The number of aryl methyl sites for hydroxylation is 1. The number of Topliss-reactive ketones (excluding diaryl/α,β-unsaturated/α-hetero) is 1. The third-order valence-corrected chi connectivity index (χ3v) is 4.66. The molecule has 0 unspecified atom stereocenters. The van der Waals surface area contributed by atoms with Gasteiger partial charge in [0.2, 0.25) is 0 Å². The molecule has 0 aliphatic carbocycles. The largest absolute Gasteiger partial charge is 0.336 e. The summed E-state index contributed by atoms with van der Waals surface area (Å²) < 4.78 is 3.89. The molecule has 120 valence electrons. The van der Waals surface area contributed by atoms with Crippen LogP contribution in [0.4, 0.5) is 0 Å². The zero-order valence-corrected chi connectivity index (χ0v) is 13.9. The SMILES string of the molecule is CC(=O)c1ccn2c3c(c(-c4cc[n+](C)cc4)c2c1)CN(C)C3=O. The third kappa shape index (κ3) is 1.98. The van der Waals surface area contributed by atoms with Crippen molar-refractivity contribution in [3.63, 3.8) is 0 Å². The highest BCUT2D eigenvalue weighted by atomic mass is 16.2. The van der Waals surface area contributed by atoms with Crippen LogP contribution < -0.4 is 4.57 Å². The molecule has 3 aromatic heterocycles. The molecule has 4 rings (SSSR count). The second-order valence-electron chi connectivity index (χ2n) is 6.34. The summed E-state index contributed by atoms with van der Waals surface area (Å²) in [7, 11) is 3.78. The number of fused-ring (bicyclic) bond motifs is 3. The molecule has 5 nitrogen and oxygen atoms in total. The van der Waals surface area contributed by atoms with Crippen molar-refractivity contribution in [2.45, 2.75) is 13.5 Å². The van der Waals surface area contributed by atoms with Gasteiger partial charge in [0.05, 0.1) is 5.52 Å². The van der Waals surface area contributed by atoms with Crippen molar-refractivity contribution in [1.29, 1.82) is 0 Å². The summed E-state index contributed by atoms with van der Waals surface area (Å²) in [6, 6.07) is 7.74. The Labute approximate surface area is 139 Å². The molecule has 0 spiro atoms. The van der Waals surface area contributed by atoms with Crippen LogP contribution in [0, 0.1) is 0 Å². The van der Waals surface area contributed by atoms with Crippen LogP contribution in [0.25, 0.3) is 16.6 Å². The lowest BCUT2D eigenvalue weighted by molar-refractivity contribution is -0.671. The molecule has 1 amide bonds. The first kappa shape index (κ1) is 14.6. The van der Waals surface area contributed by atoms with Gasteiger partial charge in [-0.3, -0.25) is 9.59 Å². The second-order valence-corrected chi connectivity index (χ2v) is 6.34. The summed E-state index contributed by atoms with van der Waals surface area (Å²) in [5.41, 5.74) is 5.37. The molecule has 0 aromatic carbocycles. The van der Waals surface area contributed by atoms with E-state index < -0.39 is 0 Å². The maximum atomic E-state index is 12.6. The standard InChI is InChI=1S/C19H18N3O2/c1-12(23)14-6-9-22-16(10-14)17(13-4-7-20(2)8-5-13)15-11-21(3)19(24)18(15)22/h4-10H,11H2,1-3H3/q+1. The molecule has 1 aliphatic heterocycles. The Morgan fingerprint density at radius 1 is 1.21 bits per heavy atom. The van der Waals surface area contributed by atoms with Crippen molar-refractivity contribution in [3.05, 3.63) is 59.7 Å². The van der Waals surface area contributed by atoms with Crippen LogP contribution in [0.3, 0.4) is 0 Å². The normalized spacial score (nSPS) is 13.6. The average Bonchev–Trinajstić information content (AvgIpc) is 3.02. The highest BCUT2D eigenvalue weighted by Crippen LogP contribution is 2.38. The van der Waals surface area contributed by atoms with Crippen LogP contribution in [0.5, 0.6) is 0 Å². The predicted molar refractivity (Wildman–Crippen MR) is 89.8 cm³/mol. The molecule has 0 saturated heterocycles. The first-order valence-electron chi connectivity index (χ1n) is 7.86. The Morgan fingerprint density at radius 2 is 1.92 bits per heavy atom. The maximum absolute atomic E-state index is 12.6. The van der Waals surface area contributed by atoms with Gasteiger partial charge in [0.15, 0.2) is 18.2 Å². The molecule has 5 heteroatoms. The van der Waals surface area contributed by atoms with Crippen LogP contribution >= 0.6 is 0 Å². The van der Waals surface area contributed by atoms with Gasteiger partial charge in [-0.25, -0.2) is 4.57 Å². The summed E-state index contributed by atoms with van der Waals surface area (Å²) in [6.07, 6.45) is 5.80. The van der Waals surface area contributed by atoms with Gasteiger partial charge >= 0.3 is 0 Å². The maximum Gasteiger partial charge on any atom is 0.271 e. The van der Waals surface area contributed by atoms with Gasteiger partial charge in [-0.1, -0.05) is 0 Å². The van der Waals surface area contributed by atoms with Gasteiger partial charge in [-0.2, -0.15) is 0 Å². The van der Waals surface area contributed by atoms with Gasteiger partial charge in [0.1, 0.15) is 12.7 Å². The molecule has 0 radical (unpaired) electrons. The quantitative estimate of drug-likeness (QED) is 0.537. The molecule has 3 aromatic rings. The molecule has 0 saturated carbocycles. The first-order chi connectivity index (χ1) is 11.5. The van der Waals surface area contributed by atoms with Gasteiger partial charge < -0.3 is 9.30 Å². The van der Waals surface area contributed by atoms with E-state index in [-0.39, 0.29) is 11.7 Å². The summed E-state index contributed by atoms with van der Waals surface area (Å²) in [4.78, 5) is 26.1. The minimum atomic E-state index is 0.0170. The Morgan fingerprint density at radius 3 is 2.58 bits per heavy atom. The van der Waals surface area contributed by atoms with Gasteiger partial charge in [-0.15, -0.1) is 0 Å². The summed E-state index contributed by atoms with van der Waals surface area (Å²) in [5, 5.41) is 0. The predicted octanol–water partition coefficient (Wildman–Crippen LogP) is 2.22. The van der Waals surface area contributed by atoms with Crippen LogP contribution in [0.1, 0.15) is 33.3 Å². The molecule has 4 heterocycles. The monoisotopic (exact) mass is 320 g/mol. The van der Waals surface area contributed by atoms with E-state index in [1.165, 1.54) is 0 Å². The van der Waals surface area contributed by atoms with Crippen LogP contribution in [-0.4, -0.2) is 28.0 Å². The Kier molecular flexibility index (Phi) is 3.06. The van der Waals surface area contributed by atoms with Gasteiger partial charge in [-0.05, 0) is 24.6 Å². The molecule has 1 aliphatic rings. The van der Waals surface area contributed by atoms with E-state index in [9.17, 15) is 9.59 Å². The third-order valence-electron chi connectivity index (χ3n) is 4.66. The van der Waals surface area contributed by atoms with E-state index in [2.05, 4.69) is 0 Å². The number of hydrogen-bond acceptors (Lipinski definition) is 2. The molecule has 0 atom stereocenters. The topological polar surface area (TPSA) is 45.7 Å². The van der Waals surface area contributed by atoms with Crippen LogP contribution in [-0.2, 0) is 13.6 Å². The van der Waals surface area contributed by atoms with Crippen LogP contribution in [0.2, 0.25) is 0 Å². The summed E-state index contributed by atoms with van der Waals surface area (Å²) in [5.74, 6) is 0.0380. The smallest absolute Gasteiger partial charge is 0.271 e. The first-order valence-corrected chi connectivity index (χ1v) is 7.86. The fourth-order valence-corrected chi connectivity index (χ4v) is 3.39. The van der Waals surface area contributed by atoms with Gasteiger partial charge in [0.25, 0.3) is 5.91 Å². The lowest BCUT2D eigenvalue weighted by Gasteiger charge is -2.10. The minimum absolute atomic E-state index is 0.0170. The van der Waals surface area contributed by atoms with E-state index in [0.717, 1.165) is 22.2 Å². The Bertz CT molecular complexity index is 1000.